The third kappa shape index (κ3) is 2.94. The van der Waals surface area contributed by atoms with Crippen molar-refractivity contribution in [2.24, 2.45) is 0 Å². The fourth-order valence-corrected chi connectivity index (χ4v) is 2.23. The normalized spacial score (nSPS) is 19.1. The van der Waals surface area contributed by atoms with Crippen LogP contribution in [0, 0.1) is 5.82 Å². The highest BCUT2D eigenvalue weighted by molar-refractivity contribution is 9.10. The third-order valence-electron chi connectivity index (χ3n) is 2.80. The van der Waals surface area contributed by atoms with Gasteiger partial charge in [0.2, 0.25) is 0 Å². The molecule has 0 spiro atoms. The molecule has 1 aliphatic rings. The Bertz CT molecular complexity index is 459. The summed E-state index contributed by atoms with van der Waals surface area (Å²) in [6.45, 7) is 0. The lowest BCUT2D eigenvalue weighted by molar-refractivity contribution is 0.0930. The first-order chi connectivity index (χ1) is 8.18. The molecule has 1 aromatic rings. The van der Waals surface area contributed by atoms with E-state index in [1.165, 1.54) is 6.07 Å². The molecular weight excluding hydrogens is 285 g/mol. The lowest BCUT2D eigenvalue weighted by Crippen LogP contribution is -2.35. The molecule has 0 saturated heterocycles. The van der Waals surface area contributed by atoms with Crippen LogP contribution in [0.1, 0.15) is 29.6 Å². The summed E-state index contributed by atoms with van der Waals surface area (Å²) in [5.41, 5.74) is 0.0916. The number of halogens is 2. The smallest absolute Gasteiger partial charge is 0.254 e. The minimum absolute atomic E-state index is 0.0916. The molecule has 0 radical (unpaired) electrons. The number of carbonyl (C=O) groups is 1. The monoisotopic (exact) mass is 297 g/mol. The van der Waals surface area contributed by atoms with Crippen LogP contribution >= 0.6 is 15.9 Å². The van der Waals surface area contributed by atoms with Gasteiger partial charge in [-0.2, -0.15) is 0 Å². The van der Waals surface area contributed by atoms with E-state index in [1.54, 1.807) is 12.1 Å². The Morgan fingerprint density at radius 3 is 2.94 bits per heavy atom. The van der Waals surface area contributed by atoms with E-state index in [0.29, 0.717) is 4.47 Å². The van der Waals surface area contributed by atoms with Crippen molar-refractivity contribution < 1.29 is 9.18 Å². The topological polar surface area (TPSA) is 29.1 Å². The second kappa shape index (κ2) is 5.45. The molecule has 1 aliphatic carbocycles. The molecule has 1 aromatic carbocycles. The van der Waals surface area contributed by atoms with Crippen molar-refractivity contribution in [3.8, 4) is 0 Å². The summed E-state index contributed by atoms with van der Waals surface area (Å²) in [5, 5.41) is 2.85. The minimum atomic E-state index is -0.503. The highest BCUT2D eigenvalue weighted by Crippen LogP contribution is 2.19. The summed E-state index contributed by atoms with van der Waals surface area (Å²) in [6, 6.07) is 4.85. The van der Waals surface area contributed by atoms with Crippen molar-refractivity contribution in [1.29, 1.82) is 0 Å². The van der Waals surface area contributed by atoms with Crippen molar-refractivity contribution in [1.82, 2.24) is 5.32 Å². The lowest BCUT2D eigenvalue weighted by atomic mass is 10.0. The molecule has 90 valence electrons. The average molecular weight is 298 g/mol. The summed E-state index contributed by atoms with van der Waals surface area (Å²) in [4.78, 5) is 11.9. The van der Waals surface area contributed by atoms with E-state index in [2.05, 4.69) is 27.3 Å². The Kier molecular flexibility index (Phi) is 3.94. The minimum Gasteiger partial charge on any atom is -0.349 e. The fourth-order valence-electron chi connectivity index (χ4n) is 1.87. The highest BCUT2D eigenvalue weighted by atomic mass is 79.9. The number of benzene rings is 1. The van der Waals surface area contributed by atoms with Gasteiger partial charge in [-0.25, -0.2) is 4.39 Å². The number of nitrogens with one attached hydrogen (secondary N) is 1. The van der Waals surface area contributed by atoms with Crippen LogP contribution in [0.3, 0.4) is 0 Å². The second-order valence-corrected chi connectivity index (χ2v) is 4.91. The van der Waals surface area contributed by atoms with Crippen LogP contribution < -0.4 is 5.32 Å². The third-order valence-corrected chi connectivity index (χ3v) is 3.41. The van der Waals surface area contributed by atoms with Gasteiger partial charge in [0.25, 0.3) is 5.91 Å². The van der Waals surface area contributed by atoms with Gasteiger partial charge in [-0.3, -0.25) is 4.79 Å². The molecule has 2 nitrogen and oxygen atoms in total. The lowest BCUT2D eigenvalue weighted by Gasteiger charge is -2.19. The second-order valence-electron chi connectivity index (χ2n) is 4.06. The van der Waals surface area contributed by atoms with Crippen LogP contribution in [0.5, 0.6) is 0 Å². The zero-order chi connectivity index (χ0) is 12.3. The van der Waals surface area contributed by atoms with Crippen LogP contribution in [-0.4, -0.2) is 11.9 Å². The van der Waals surface area contributed by atoms with Gasteiger partial charge < -0.3 is 5.32 Å². The Morgan fingerprint density at radius 1 is 1.41 bits per heavy atom. The maximum Gasteiger partial charge on any atom is 0.254 e. The van der Waals surface area contributed by atoms with Crippen LogP contribution in [-0.2, 0) is 0 Å². The molecular formula is C13H13BrFNO. The zero-order valence-corrected chi connectivity index (χ0v) is 10.8. The molecule has 1 amide bonds. The van der Waals surface area contributed by atoms with E-state index >= 15 is 0 Å². The molecule has 1 unspecified atom stereocenters. The van der Waals surface area contributed by atoms with Crippen molar-refractivity contribution >= 4 is 21.8 Å². The molecule has 1 N–H and O–H groups in total. The van der Waals surface area contributed by atoms with E-state index in [4.69, 9.17) is 0 Å². The Labute approximate surface area is 108 Å². The molecule has 1 atom stereocenters. The quantitative estimate of drug-likeness (QED) is 0.833. The summed E-state index contributed by atoms with van der Waals surface area (Å²) in [5.74, 6) is -0.847. The fraction of sp³-hybridized carbons (Fsp3) is 0.308. The largest absolute Gasteiger partial charge is 0.349 e. The number of hydrogen-bond acceptors (Lipinski definition) is 1. The standard InChI is InChI=1S/C13H13BrFNO/c14-11-8-4-7-10(12(11)15)13(17)16-9-5-2-1-3-6-9/h1-2,4,7-9H,3,5-6H2,(H,16,17). The SMILES string of the molecule is O=C(NC1CC=CCC1)c1cccc(Br)c1F. The molecule has 0 fully saturated rings. The van der Waals surface area contributed by atoms with E-state index in [0.717, 1.165) is 19.3 Å². The van der Waals surface area contributed by atoms with Crippen LogP contribution in [0.15, 0.2) is 34.8 Å². The van der Waals surface area contributed by atoms with Crippen LogP contribution in [0.4, 0.5) is 4.39 Å². The van der Waals surface area contributed by atoms with Gasteiger partial charge in [0.05, 0.1) is 10.0 Å². The number of rotatable bonds is 2. The Balaban J connectivity index is 2.09. The van der Waals surface area contributed by atoms with Crippen LogP contribution in [0.25, 0.3) is 0 Å². The number of carbonyl (C=O) groups excluding carboxylic acids is 1. The molecule has 0 aromatic heterocycles. The predicted molar refractivity (Wildman–Crippen MR) is 68.3 cm³/mol. The number of amides is 1. The van der Waals surface area contributed by atoms with Crippen molar-refractivity contribution in [3.63, 3.8) is 0 Å². The van der Waals surface area contributed by atoms with Gasteiger partial charge in [0, 0.05) is 6.04 Å². The van der Waals surface area contributed by atoms with Gasteiger partial charge >= 0.3 is 0 Å². The zero-order valence-electron chi connectivity index (χ0n) is 9.25. The predicted octanol–water partition coefficient (Wildman–Crippen LogP) is 3.43. The first kappa shape index (κ1) is 12.3. The van der Waals surface area contributed by atoms with Crippen LogP contribution in [0.2, 0.25) is 0 Å². The number of allylic oxidation sites excluding steroid dienone is 1. The molecule has 0 bridgehead atoms. The van der Waals surface area contributed by atoms with Crippen molar-refractivity contribution in [3.05, 3.63) is 46.2 Å². The maximum absolute atomic E-state index is 13.7. The summed E-state index contributed by atoms with van der Waals surface area (Å²) < 4.78 is 14.0. The van der Waals surface area contributed by atoms with Gasteiger partial charge in [-0.05, 0) is 47.3 Å². The maximum atomic E-state index is 13.7. The van der Waals surface area contributed by atoms with Crippen molar-refractivity contribution in [2.75, 3.05) is 0 Å². The van der Waals surface area contributed by atoms with E-state index in [1.807, 2.05) is 6.08 Å². The summed E-state index contributed by atoms with van der Waals surface area (Å²) in [6.07, 6.45) is 6.85. The Morgan fingerprint density at radius 2 is 2.24 bits per heavy atom. The molecule has 17 heavy (non-hydrogen) atoms. The summed E-state index contributed by atoms with van der Waals surface area (Å²) in [7, 11) is 0. The molecule has 0 aliphatic heterocycles. The van der Waals surface area contributed by atoms with Gasteiger partial charge in [-0.1, -0.05) is 18.2 Å². The first-order valence-electron chi connectivity index (χ1n) is 5.58. The number of hydrogen-bond donors (Lipinski definition) is 1. The first-order valence-corrected chi connectivity index (χ1v) is 6.37. The van der Waals surface area contributed by atoms with E-state index in [-0.39, 0.29) is 17.5 Å². The molecule has 4 heteroatoms. The molecule has 0 saturated carbocycles. The summed E-state index contributed by atoms with van der Waals surface area (Å²) >= 11 is 3.07. The van der Waals surface area contributed by atoms with Gasteiger partial charge in [0.1, 0.15) is 5.82 Å². The Hall–Kier alpha value is -1.16. The van der Waals surface area contributed by atoms with E-state index < -0.39 is 5.82 Å². The average Bonchev–Trinajstić information content (AvgIpc) is 2.34. The highest BCUT2D eigenvalue weighted by Gasteiger charge is 2.17. The van der Waals surface area contributed by atoms with Gasteiger partial charge in [-0.15, -0.1) is 0 Å². The van der Waals surface area contributed by atoms with E-state index in [9.17, 15) is 9.18 Å². The molecule has 0 heterocycles. The van der Waals surface area contributed by atoms with Gasteiger partial charge in [0.15, 0.2) is 0 Å². The van der Waals surface area contributed by atoms with Crippen molar-refractivity contribution in [2.45, 2.75) is 25.3 Å². The molecule has 2 rings (SSSR count).